The highest BCUT2D eigenvalue weighted by atomic mass is 32.1. The molecule has 0 rings (SSSR count). The molecular weight excluding hydrogens is 184 g/mol. The van der Waals surface area contributed by atoms with Gasteiger partial charge in [-0.3, -0.25) is 4.79 Å². The van der Waals surface area contributed by atoms with Crippen LogP contribution in [0, 0.1) is 5.92 Å². The molecule has 0 aliphatic carbocycles. The maximum atomic E-state index is 11.7. The molecule has 0 fully saturated rings. The van der Waals surface area contributed by atoms with Gasteiger partial charge in [0.25, 0.3) is 0 Å². The SMILES string of the molecule is CCC(C(=O)N(CC)CC)C(N)=S. The van der Waals surface area contributed by atoms with Gasteiger partial charge < -0.3 is 10.6 Å². The Bertz CT molecular complexity index is 190. The number of nitrogens with zero attached hydrogens (tertiary/aromatic N) is 1. The molecule has 4 heteroatoms. The van der Waals surface area contributed by atoms with Crippen LogP contribution in [-0.2, 0) is 4.79 Å². The van der Waals surface area contributed by atoms with Crippen molar-refractivity contribution >= 4 is 23.1 Å². The predicted octanol–water partition coefficient (Wildman–Crippen LogP) is 1.17. The summed E-state index contributed by atoms with van der Waals surface area (Å²) in [5.74, 6) is -0.227. The molecule has 0 saturated carbocycles. The lowest BCUT2D eigenvalue weighted by Gasteiger charge is -2.23. The number of amides is 1. The molecular formula is C9H18N2OS. The lowest BCUT2D eigenvalue weighted by atomic mass is 10.1. The van der Waals surface area contributed by atoms with Gasteiger partial charge in [-0.05, 0) is 20.3 Å². The first-order valence-electron chi connectivity index (χ1n) is 4.66. The van der Waals surface area contributed by atoms with E-state index in [4.69, 9.17) is 18.0 Å². The molecule has 0 radical (unpaired) electrons. The van der Waals surface area contributed by atoms with Crippen molar-refractivity contribution in [2.24, 2.45) is 11.7 Å². The number of carbonyl (C=O) groups excluding carboxylic acids is 1. The Morgan fingerprint density at radius 3 is 2.08 bits per heavy atom. The fourth-order valence-electron chi connectivity index (χ4n) is 1.25. The molecule has 3 nitrogen and oxygen atoms in total. The molecule has 1 atom stereocenters. The zero-order valence-electron chi connectivity index (χ0n) is 8.54. The number of hydrogen-bond donors (Lipinski definition) is 1. The van der Waals surface area contributed by atoms with Crippen LogP contribution in [0.15, 0.2) is 0 Å². The van der Waals surface area contributed by atoms with Gasteiger partial charge in [-0.2, -0.15) is 0 Å². The molecule has 0 aliphatic heterocycles. The fourth-order valence-corrected chi connectivity index (χ4v) is 1.52. The third-order valence-electron chi connectivity index (χ3n) is 2.12. The summed E-state index contributed by atoms with van der Waals surface area (Å²) in [4.78, 5) is 13.8. The molecule has 0 heterocycles. The summed E-state index contributed by atoms with van der Waals surface area (Å²) in [6.45, 7) is 7.26. The van der Waals surface area contributed by atoms with Crippen LogP contribution in [0.5, 0.6) is 0 Å². The quantitative estimate of drug-likeness (QED) is 0.681. The van der Waals surface area contributed by atoms with E-state index in [1.54, 1.807) is 4.90 Å². The second-order valence-electron chi connectivity index (χ2n) is 2.87. The highest BCUT2D eigenvalue weighted by molar-refractivity contribution is 7.80. The van der Waals surface area contributed by atoms with E-state index in [9.17, 15) is 4.79 Å². The molecule has 0 aromatic carbocycles. The molecule has 0 aromatic rings. The topological polar surface area (TPSA) is 46.3 Å². The van der Waals surface area contributed by atoms with Gasteiger partial charge in [0.1, 0.15) is 0 Å². The van der Waals surface area contributed by atoms with Gasteiger partial charge in [-0.1, -0.05) is 19.1 Å². The number of thiocarbonyl (C=S) groups is 1. The summed E-state index contributed by atoms with van der Waals surface area (Å²) in [7, 11) is 0. The van der Waals surface area contributed by atoms with Crippen LogP contribution in [0.2, 0.25) is 0 Å². The molecule has 0 aromatic heterocycles. The molecule has 0 spiro atoms. The van der Waals surface area contributed by atoms with E-state index in [2.05, 4.69) is 0 Å². The Morgan fingerprint density at radius 2 is 1.85 bits per heavy atom. The summed E-state index contributed by atoms with van der Waals surface area (Å²) in [6.07, 6.45) is 0.685. The van der Waals surface area contributed by atoms with Crippen LogP contribution in [0.1, 0.15) is 27.2 Å². The Labute approximate surface area is 85.3 Å². The first kappa shape index (κ1) is 12.4. The summed E-state index contributed by atoms with van der Waals surface area (Å²) in [5.41, 5.74) is 5.48. The van der Waals surface area contributed by atoms with E-state index in [0.29, 0.717) is 24.5 Å². The average molecular weight is 202 g/mol. The van der Waals surface area contributed by atoms with E-state index in [-0.39, 0.29) is 11.8 Å². The van der Waals surface area contributed by atoms with Gasteiger partial charge >= 0.3 is 0 Å². The average Bonchev–Trinajstić information content (AvgIpc) is 2.07. The molecule has 13 heavy (non-hydrogen) atoms. The van der Waals surface area contributed by atoms with Crippen molar-refractivity contribution < 1.29 is 4.79 Å². The van der Waals surface area contributed by atoms with Gasteiger partial charge in [0.15, 0.2) is 0 Å². The van der Waals surface area contributed by atoms with Crippen molar-refractivity contribution in [1.82, 2.24) is 4.90 Å². The molecule has 0 bridgehead atoms. The third kappa shape index (κ3) is 3.30. The van der Waals surface area contributed by atoms with E-state index in [1.807, 2.05) is 20.8 Å². The zero-order chi connectivity index (χ0) is 10.4. The van der Waals surface area contributed by atoms with Gasteiger partial charge in [0.2, 0.25) is 5.91 Å². The molecule has 76 valence electrons. The first-order valence-corrected chi connectivity index (χ1v) is 5.07. The maximum absolute atomic E-state index is 11.7. The highest BCUT2D eigenvalue weighted by Crippen LogP contribution is 2.08. The summed E-state index contributed by atoms with van der Waals surface area (Å²) in [5, 5.41) is 0. The van der Waals surface area contributed by atoms with Crippen molar-refractivity contribution in [1.29, 1.82) is 0 Å². The van der Waals surface area contributed by atoms with E-state index in [1.165, 1.54) is 0 Å². The Hall–Kier alpha value is -0.640. The van der Waals surface area contributed by atoms with E-state index in [0.717, 1.165) is 0 Å². The van der Waals surface area contributed by atoms with Crippen molar-refractivity contribution in [3.05, 3.63) is 0 Å². The normalized spacial score (nSPS) is 12.2. The maximum Gasteiger partial charge on any atom is 0.232 e. The number of carbonyl (C=O) groups is 1. The minimum Gasteiger partial charge on any atom is -0.393 e. The van der Waals surface area contributed by atoms with E-state index >= 15 is 0 Å². The van der Waals surface area contributed by atoms with Crippen LogP contribution in [0.4, 0.5) is 0 Å². The third-order valence-corrected chi connectivity index (χ3v) is 2.41. The molecule has 0 saturated heterocycles. The number of hydrogen-bond acceptors (Lipinski definition) is 2. The van der Waals surface area contributed by atoms with Crippen LogP contribution in [0.3, 0.4) is 0 Å². The van der Waals surface area contributed by atoms with Gasteiger partial charge in [0, 0.05) is 13.1 Å². The van der Waals surface area contributed by atoms with Crippen LogP contribution < -0.4 is 5.73 Å². The minimum absolute atomic E-state index is 0.0556. The molecule has 0 aliphatic rings. The first-order chi connectivity index (χ1) is 6.08. The summed E-state index contributed by atoms with van der Waals surface area (Å²) < 4.78 is 0. The lowest BCUT2D eigenvalue weighted by molar-refractivity contribution is -0.133. The molecule has 2 N–H and O–H groups in total. The minimum atomic E-state index is -0.282. The van der Waals surface area contributed by atoms with Gasteiger partial charge in [-0.15, -0.1) is 0 Å². The number of nitrogens with two attached hydrogens (primary N) is 1. The standard InChI is InChI=1S/C9H18N2OS/c1-4-7(8(10)13)9(12)11(5-2)6-3/h7H,4-6H2,1-3H3,(H2,10,13). The molecule has 1 amide bonds. The fraction of sp³-hybridized carbons (Fsp3) is 0.778. The highest BCUT2D eigenvalue weighted by Gasteiger charge is 2.22. The second kappa shape index (κ2) is 5.91. The van der Waals surface area contributed by atoms with Crippen LogP contribution in [-0.4, -0.2) is 28.9 Å². The largest absolute Gasteiger partial charge is 0.393 e. The van der Waals surface area contributed by atoms with Crippen LogP contribution in [0.25, 0.3) is 0 Å². The zero-order valence-corrected chi connectivity index (χ0v) is 9.36. The van der Waals surface area contributed by atoms with Gasteiger partial charge in [-0.25, -0.2) is 0 Å². The predicted molar refractivity (Wildman–Crippen MR) is 58.5 cm³/mol. The van der Waals surface area contributed by atoms with Crippen molar-refractivity contribution in [3.63, 3.8) is 0 Å². The number of rotatable bonds is 5. The Kier molecular flexibility index (Phi) is 5.62. The molecule has 1 unspecified atom stereocenters. The van der Waals surface area contributed by atoms with E-state index < -0.39 is 0 Å². The lowest BCUT2D eigenvalue weighted by Crippen LogP contribution is -2.40. The van der Waals surface area contributed by atoms with Crippen LogP contribution >= 0.6 is 12.2 Å². The van der Waals surface area contributed by atoms with Crippen molar-refractivity contribution in [2.45, 2.75) is 27.2 Å². The monoisotopic (exact) mass is 202 g/mol. The Balaban J connectivity index is 4.43. The Morgan fingerprint density at radius 1 is 1.38 bits per heavy atom. The smallest absolute Gasteiger partial charge is 0.232 e. The van der Waals surface area contributed by atoms with Crippen molar-refractivity contribution in [2.75, 3.05) is 13.1 Å². The summed E-state index contributed by atoms with van der Waals surface area (Å²) in [6, 6.07) is 0. The van der Waals surface area contributed by atoms with Gasteiger partial charge in [0.05, 0.1) is 10.9 Å². The second-order valence-corrected chi connectivity index (χ2v) is 3.35. The summed E-state index contributed by atoms with van der Waals surface area (Å²) >= 11 is 4.84. The van der Waals surface area contributed by atoms with Crippen molar-refractivity contribution in [3.8, 4) is 0 Å².